The zero-order valence-corrected chi connectivity index (χ0v) is 10.6. The van der Waals surface area contributed by atoms with E-state index in [4.69, 9.17) is 17.3 Å². The van der Waals surface area contributed by atoms with Gasteiger partial charge in [0.05, 0.1) is 6.17 Å². The highest BCUT2D eigenvalue weighted by Gasteiger charge is 2.30. The molecule has 1 heterocycles. The van der Waals surface area contributed by atoms with Crippen molar-refractivity contribution < 1.29 is 0 Å². The van der Waals surface area contributed by atoms with Crippen LogP contribution in [0, 0.1) is 0 Å². The van der Waals surface area contributed by atoms with E-state index in [1.54, 1.807) is 0 Å². The average molecular weight is 252 g/mol. The molecule has 1 aliphatic heterocycles. The van der Waals surface area contributed by atoms with E-state index in [1.165, 1.54) is 5.56 Å². The minimum absolute atomic E-state index is 0.00135. The molecule has 4 N–H and O–H groups in total. The van der Waals surface area contributed by atoms with E-state index in [-0.39, 0.29) is 11.7 Å². The number of nitrogens with one attached hydrogen (secondary N) is 2. The van der Waals surface area contributed by atoms with Crippen LogP contribution in [0.2, 0.25) is 0 Å². The molecule has 3 atom stereocenters. The van der Waals surface area contributed by atoms with Crippen molar-refractivity contribution in [2.45, 2.75) is 30.7 Å². The molecule has 3 unspecified atom stereocenters. The fraction of sp³-hybridized carbons (Fsp3) is 0.385. The maximum absolute atomic E-state index is 5.74. The van der Waals surface area contributed by atoms with Gasteiger partial charge in [0.1, 0.15) is 5.62 Å². The van der Waals surface area contributed by atoms with Gasteiger partial charge in [0.15, 0.2) is 0 Å². The van der Waals surface area contributed by atoms with Gasteiger partial charge < -0.3 is 5.73 Å². The predicted molar refractivity (Wildman–Crippen MR) is 71.4 cm³/mol. The molecule has 1 aromatic rings. The molecular weight excluding hydrogens is 234 g/mol. The van der Waals surface area contributed by atoms with Gasteiger partial charge >= 0.3 is 0 Å². The van der Waals surface area contributed by atoms with Crippen LogP contribution in [0.15, 0.2) is 42.5 Å². The third kappa shape index (κ3) is 3.07. The maximum Gasteiger partial charge on any atom is 0.134 e. The van der Waals surface area contributed by atoms with Crippen molar-refractivity contribution in [1.29, 1.82) is 0 Å². The predicted octanol–water partition coefficient (Wildman–Crippen LogP) is 1.85. The topological polar surface area (TPSA) is 50.1 Å². The molecule has 0 spiro atoms. The Bertz CT molecular complexity index is 391. The second-order valence-corrected chi connectivity index (χ2v) is 4.99. The van der Waals surface area contributed by atoms with Gasteiger partial charge in [-0.2, -0.15) is 0 Å². The second kappa shape index (κ2) is 5.19. The number of rotatable bonds is 3. The Hall–Kier alpha value is -0.870. The maximum atomic E-state index is 5.74. The number of halogens is 1. The van der Waals surface area contributed by atoms with Crippen molar-refractivity contribution >= 4 is 11.6 Å². The van der Waals surface area contributed by atoms with Gasteiger partial charge in [-0.25, -0.2) is 0 Å². The monoisotopic (exact) mass is 251 g/mol. The first-order chi connectivity index (χ1) is 8.10. The van der Waals surface area contributed by atoms with E-state index in [1.807, 2.05) is 12.1 Å². The van der Waals surface area contributed by atoms with Crippen LogP contribution in [0.1, 0.15) is 18.9 Å². The quantitative estimate of drug-likeness (QED) is 0.333. The summed E-state index contributed by atoms with van der Waals surface area (Å²) in [5.41, 5.74) is 6.16. The van der Waals surface area contributed by atoms with E-state index >= 15 is 0 Å². The van der Waals surface area contributed by atoms with Crippen LogP contribution in [0.4, 0.5) is 0 Å². The Kier molecular flexibility index (Phi) is 3.84. The summed E-state index contributed by atoms with van der Waals surface area (Å²) in [5.74, 6) is 0. The summed E-state index contributed by atoms with van der Waals surface area (Å²) in [6.45, 7) is 2.18. The molecule has 0 fully saturated rings. The normalized spacial score (nSPS) is 30.2. The van der Waals surface area contributed by atoms with Gasteiger partial charge in [-0.1, -0.05) is 54.1 Å². The second-order valence-electron chi connectivity index (χ2n) is 4.52. The molecule has 3 nitrogen and oxygen atoms in total. The van der Waals surface area contributed by atoms with E-state index < -0.39 is 5.62 Å². The Morgan fingerprint density at radius 3 is 2.82 bits per heavy atom. The van der Waals surface area contributed by atoms with Gasteiger partial charge in [0.25, 0.3) is 0 Å². The Balaban J connectivity index is 2.15. The molecule has 0 aromatic heterocycles. The first-order valence-electron chi connectivity index (χ1n) is 5.76. The van der Waals surface area contributed by atoms with Crippen LogP contribution in [0.3, 0.4) is 0 Å². The summed E-state index contributed by atoms with van der Waals surface area (Å²) in [7, 11) is 0. The van der Waals surface area contributed by atoms with Crippen molar-refractivity contribution in [3.63, 3.8) is 0 Å². The van der Waals surface area contributed by atoms with E-state index in [0.717, 1.165) is 6.42 Å². The summed E-state index contributed by atoms with van der Waals surface area (Å²) in [6.07, 6.45) is 5.15. The summed E-state index contributed by atoms with van der Waals surface area (Å²) in [6, 6.07) is 10.4. The minimum Gasteiger partial charge on any atom is -0.303 e. The number of hydrogen-bond acceptors (Lipinski definition) is 3. The first kappa shape index (κ1) is 12.6. The van der Waals surface area contributed by atoms with E-state index in [2.05, 4.69) is 47.9 Å². The smallest absolute Gasteiger partial charge is 0.134 e. The highest BCUT2D eigenvalue weighted by molar-refractivity contribution is 6.19. The summed E-state index contributed by atoms with van der Waals surface area (Å²) >= 11 is 5.74. The van der Waals surface area contributed by atoms with Crippen molar-refractivity contribution in [3.8, 4) is 0 Å². The van der Waals surface area contributed by atoms with Gasteiger partial charge in [-0.15, -0.1) is 0 Å². The third-order valence-corrected chi connectivity index (χ3v) is 3.20. The lowest BCUT2D eigenvalue weighted by Crippen LogP contribution is -2.56. The van der Waals surface area contributed by atoms with Gasteiger partial charge in [0, 0.05) is 5.54 Å². The number of alkyl halides is 1. The van der Waals surface area contributed by atoms with E-state index in [9.17, 15) is 0 Å². The Morgan fingerprint density at radius 1 is 1.47 bits per heavy atom. The lowest BCUT2D eigenvalue weighted by molar-refractivity contribution is 0.295. The molecular formula is C13H18ClN3. The largest absolute Gasteiger partial charge is 0.303 e. The van der Waals surface area contributed by atoms with Gasteiger partial charge in [0.2, 0.25) is 0 Å². The minimum atomic E-state index is -0.546. The fourth-order valence-corrected chi connectivity index (χ4v) is 2.30. The highest BCUT2D eigenvalue weighted by atomic mass is 35.5. The van der Waals surface area contributed by atoms with Gasteiger partial charge in [-0.3, -0.25) is 10.6 Å². The molecule has 2 rings (SSSR count). The summed E-state index contributed by atoms with van der Waals surface area (Å²) < 4.78 is 0. The van der Waals surface area contributed by atoms with Crippen LogP contribution in [0.5, 0.6) is 0 Å². The van der Waals surface area contributed by atoms with Crippen LogP contribution in [-0.4, -0.2) is 11.8 Å². The van der Waals surface area contributed by atoms with Crippen molar-refractivity contribution in [2.75, 3.05) is 0 Å². The van der Waals surface area contributed by atoms with Crippen LogP contribution in [-0.2, 0) is 5.54 Å². The zero-order chi connectivity index (χ0) is 12.3. The van der Waals surface area contributed by atoms with Crippen molar-refractivity contribution in [3.05, 3.63) is 48.0 Å². The van der Waals surface area contributed by atoms with Crippen LogP contribution < -0.4 is 16.4 Å². The molecule has 0 saturated carbocycles. The molecule has 1 aromatic carbocycles. The Morgan fingerprint density at radius 2 is 2.18 bits per heavy atom. The summed E-state index contributed by atoms with van der Waals surface area (Å²) in [5, 5.41) is 6.57. The standard InChI is InChI=1S/C13H18ClN3/c1-13(10-6-3-2-4-7-10)9-5-8-11(17-13)16-12(14)15/h2-8,11-12,16-17H,9,15H2,1H3. The molecule has 4 heteroatoms. The highest BCUT2D eigenvalue weighted by Crippen LogP contribution is 2.28. The Labute approximate surface area is 107 Å². The summed E-state index contributed by atoms with van der Waals surface area (Å²) in [4.78, 5) is 0. The van der Waals surface area contributed by atoms with Crippen LogP contribution in [0.25, 0.3) is 0 Å². The third-order valence-electron chi connectivity index (χ3n) is 3.08. The van der Waals surface area contributed by atoms with Crippen molar-refractivity contribution in [1.82, 2.24) is 10.6 Å². The van der Waals surface area contributed by atoms with E-state index in [0.29, 0.717) is 0 Å². The van der Waals surface area contributed by atoms with Crippen LogP contribution >= 0.6 is 11.6 Å². The number of benzene rings is 1. The van der Waals surface area contributed by atoms with Crippen molar-refractivity contribution in [2.24, 2.45) is 5.73 Å². The van der Waals surface area contributed by atoms with Gasteiger partial charge in [-0.05, 0) is 18.9 Å². The molecule has 0 radical (unpaired) electrons. The lowest BCUT2D eigenvalue weighted by atomic mass is 9.86. The molecule has 0 aliphatic carbocycles. The first-order valence-corrected chi connectivity index (χ1v) is 6.19. The molecule has 0 amide bonds. The molecule has 92 valence electrons. The fourth-order valence-electron chi connectivity index (χ4n) is 2.17. The molecule has 17 heavy (non-hydrogen) atoms. The molecule has 1 aliphatic rings. The average Bonchev–Trinajstić information content (AvgIpc) is 2.29. The SMILES string of the molecule is CC1(c2ccccc2)CC=CC(NC(N)Cl)N1. The number of hydrogen-bond donors (Lipinski definition) is 3. The zero-order valence-electron chi connectivity index (χ0n) is 9.86. The molecule has 0 bridgehead atoms. The lowest BCUT2D eigenvalue weighted by Gasteiger charge is -2.38. The molecule has 0 saturated heterocycles. The number of nitrogens with two attached hydrogens (primary N) is 1.